The van der Waals surface area contributed by atoms with Crippen LogP contribution in [0.4, 0.5) is 24.5 Å². The number of benzene rings is 3. The Labute approximate surface area is 210 Å². The Kier molecular flexibility index (Phi) is 6.16. The van der Waals surface area contributed by atoms with Crippen molar-refractivity contribution in [2.75, 3.05) is 11.1 Å². The second-order valence-electron chi connectivity index (χ2n) is 8.74. The van der Waals surface area contributed by atoms with E-state index in [1.807, 2.05) is 12.1 Å². The van der Waals surface area contributed by atoms with Gasteiger partial charge in [0.25, 0.3) is 5.91 Å². The molecule has 1 aromatic heterocycles. The van der Waals surface area contributed by atoms with Crippen LogP contribution < -0.4 is 11.1 Å². The van der Waals surface area contributed by atoms with Crippen molar-refractivity contribution in [3.05, 3.63) is 101 Å². The summed E-state index contributed by atoms with van der Waals surface area (Å²) >= 11 is 0. The summed E-state index contributed by atoms with van der Waals surface area (Å²) in [6.07, 6.45) is -1.12. The topological polar surface area (TPSA) is 93.3 Å². The van der Waals surface area contributed by atoms with E-state index in [0.717, 1.165) is 23.3 Å². The van der Waals surface area contributed by atoms with Gasteiger partial charge in [-0.15, -0.1) is 0 Å². The molecule has 0 unspecified atom stereocenters. The van der Waals surface area contributed by atoms with E-state index in [1.165, 1.54) is 12.1 Å². The van der Waals surface area contributed by atoms with Gasteiger partial charge < -0.3 is 16.0 Å². The van der Waals surface area contributed by atoms with E-state index in [4.69, 9.17) is 5.73 Å². The van der Waals surface area contributed by atoms with Gasteiger partial charge >= 0.3 is 6.18 Å². The van der Waals surface area contributed by atoms with Gasteiger partial charge in [-0.25, -0.2) is 0 Å². The first-order valence-corrected chi connectivity index (χ1v) is 11.4. The summed E-state index contributed by atoms with van der Waals surface area (Å²) < 4.78 is 40.5. The number of alkyl halides is 3. The normalized spacial score (nSPS) is 12.9. The molecule has 0 fully saturated rings. The van der Waals surface area contributed by atoms with Crippen LogP contribution in [0, 0.1) is 0 Å². The number of amides is 2. The maximum atomic E-state index is 13.2. The van der Waals surface area contributed by atoms with Crippen LogP contribution in [0.15, 0.2) is 79.1 Å². The molecule has 7 nitrogen and oxygen atoms in total. The lowest BCUT2D eigenvalue weighted by Crippen LogP contribution is -2.29. The number of hydrogen-bond donors (Lipinski definition) is 2. The first-order chi connectivity index (χ1) is 17.7. The van der Waals surface area contributed by atoms with E-state index < -0.39 is 17.6 Å². The average Bonchev–Trinajstić information content (AvgIpc) is 3.53. The summed E-state index contributed by atoms with van der Waals surface area (Å²) in [7, 11) is 0. The van der Waals surface area contributed by atoms with E-state index in [2.05, 4.69) is 10.4 Å². The SMILES string of the molecule is Nc1cccc(C(=O)Nc2ccc3c(c2)CN(C(=O)Cn2cccn2)C3)c1-c1ccc(C(F)(F)F)cc1. The number of aromatic nitrogens is 2. The van der Waals surface area contributed by atoms with E-state index in [-0.39, 0.29) is 23.7 Å². The number of nitrogen functional groups attached to an aromatic ring is 1. The summed E-state index contributed by atoms with van der Waals surface area (Å²) in [4.78, 5) is 27.6. The van der Waals surface area contributed by atoms with Gasteiger partial charge in [0.1, 0.15) is 6.54 Å². The Morgan fingerprint density at radius 2 is 1.73 bits per heavy atom. The molecule has 1 aliphatic rings. The molecule has 0 bridgehead atoms. The van der Waals surface area contributed by atoms with Crippen molar-refractivity contribution in [3.63, 3.8) is 0 Å². The quantitative estimate of drug-likeness (QED) is 0.376. The van der Waals surface area contributed by atoms with Gasteiger partial charge in [0.2, 0.25) is 5.91 Å². The lowest BCUT2D eigenvalue weighted by atomic mass is 9.96. The number of anilines is 2. The minimum Gasteiger partial charge on any atom is -0.398 e. The molecule has 0 aliphatic carbocycles. The maximum Gasteiger partial charge on any atom is 0.416 e. The van der Waals surface area contributed by atoms with Crippen LogP contribution >= 0.6 is 0 Å². The van der Waals surface area contributed by atoms with E-state index in [1.54, 1.807) is 52.3 Å². The van der Waals surface area contributed by atoms with Gasteiger partial charge in [0.05, 0.1) is 5.56 Å². The van der Waals surface area contributed by atoms with E-state index >= 15 is 0 Å². The second-order valence-corrected chi connectivity index (χ2v) is 8.74. The maximum absolute atomic E-state index is 13.2. The zero-order valence-corrected chi connectivity index (χ0v) is 19.5. The molecule has 2 amide bonds. The number of hydrogen-bond acceptors (Lipinski definition) is 4. The largest absolute Gasteiger partial charge is 0.416 e. The van der Waals surface area contributed by atoms with Gasteiger partial charge in [0.15, 0.2) is 0 Å². The molecule has 3 aromatic carbocycles. The summed E-state index contributed by atoms with van der Waals surface area (Å²) in [6.45, 7) is 1.03. The number of rotatable bonds is 5. The molecule has 188 valence electrons. The Bertz CT molecular complexity index is 1460. The molecule has 1 aliphatic heterocycles. The highest BCUT2D eigenvalue weighted by Crippen LogP contribution is 2.35. The predicted molar refractivity (Wildman–Crippen MR) is 132 cm³/mol. The zero-order chi connectivity index (χ0) is 26.2. The Balaban J connectivity index is 1.34. The van der Waals surface area contributed by atoms with Crippen LogP contribution in [0.1, 0.15) is 27.0 Å². The summed E-state index contributed by atoms with van der Waals surface area (Å²) in [5.41, 5.74) is 9.04. The van der Waals surface area contributed by atoms with Crippen LogP contribution in [0.5, 0.6) is 0 Å². The summed E-state index contributed by atoms with van der Waals surface area (Å²) in [5.74, 6) is -0.516. The molecule has 37 heavy (non-hydrogen) atoms. The molecule has 0 spiro atoms. The fourth-order valence-corrected chi connectivity index (χ4v) is 4.39. The van der Waals surface area contributed by atoms with Crippen LogP contribution in [0.25, 0.3) is 11.1 Å². The van der Waals surface area contributed by atoms with Crippen molar-refractivity contribution in [1.82, 2.24) is 14.7 Å². The smallest absolute Gasteiger partial charge is 0.398 e. The standard InChI is InChI=1S/C27H22F3N5O2/c28-27(29,30)20-8-5-17(6-9-20)25-22(3-1-4-23(25)31)26(37)33-21-10-7-18-14-34(15-19(18)13-21)24(36)16-35-12-2-11-32-35/h1-13H,14-16,31H2,(H,33,37). The van der Waals surface area contributed by atoms with Crippen LogP contribution in [-0.4, -0.2) is 26.5 Å². The third-order valence-electron chi connectivity index (χ3n) is 6.24. The number of nitrogens with one attached hydrogen (secondary N) is 1. The first-order valence-electron chi connectivity index (χ1n) is 11.4. The van der Waals surface area contributed by atoms with Gasteiger partial charge in [-0.1, -0.05) is 24.3 Å². The van der Waals surface area contributed by atoms with Crippen molar-refractivity contribution >= 4 is 23.2 Å². The van der Waals surface area contributed by atoms with Gasteiger partial charge in [-0.3, -0.25) is 14.3 Å². The van der Waals surface area contributed by atoms with Crippen molar-refractivity contribution < 1.29 is 22.8 Å². The molecule has 0 saturated heterocycles. The predicted octanol–water partition coefficient (Wildman–Crippen LogP) is 4.95. The highest BCUT2D eigenvalue weighted by atomic mass is 19.4. The number of carbonyl (C=O) groups is 2. The lowest BCUT2D eigenvalue weighted by Gasteiger charge is -2.15. The summed E-state index contributed by atoms with van der Waals surface area (Å²) in [5, 5.41) is 6.91. The minimum absolute atomic E-state index is 0.0635. The molecule has 5 rings (SSSR count). The third-order valence-corrected chi connectivity index (χ3v) is 6.24. The lowest BCUT2D eigenvalue weighted by molar-refractivity contribution is -0.137. The molecule has 2 heterocycles. The zero-order valence-electron chi connectivity index (χ0n) is 19.5. The van der Waals surface area contributed by atoms with Crippen molar-refractivity contribution in [3.8, 4) is 11.1 Å². The van der Waals surface area contributed by atoms with E-state index in [9.17, 15) is 22.8 Å². The van der Waals surface area contributed by atoms with Crippen molar-refractivity contribution in [2.45, 2.75) is 25.8 Å². The number of nitrogens with two attached hydrogens (primary N) is 1. The van der Waals surface area contributed by atoms with Crippen molar-refractivity contribution in [1.29, 1.82) is 0 Å². The Hall–Kier alpha value is -4.60. The molecular weight excluding hydrogens is 483 g/mol. The molecule has 4 aromatic rings. The Morgan fingerprint density at radius 1 is 0.973 bits per heavy atom. The van der Waals surface area contributed by atoms with Crippen LogP contribution in [0.2, 0.25) is 0 Å². The number of halogens is 3. The van der Waals surface area contributed by atoms with Gasteiger partial charge in [0, 0.05) is 48.0 Å². The first kappa shape index (κ1) is 24.1. The molecular formula is C27H22F3N5O2. The third kappa shape index (κ3) is 5.04. The highest BCUT2D eigenvalue weighted by Gasteiger charge is 2.30. The fourth-order valence-electron chi connectivity index (χ4n) is 4.39. The molecule has 0 radical (unpaired) electrons. The number of fused-ring (bicyclic) bond motifs is 1. The average molecular weight is 506 g/mol. The molecule has 0 atom stereocenters. The van der Waals surface area contributed by atoms with Gasteiger partial charge in [-0.05, 0) is 59.2 Å². The van der Waals surface area contributed by atoms with E-state index in [0.29, 0.717) is 29.9 Å². The van der Waals surface area contributed by atoms with Crippen molar-refractivity contribution in [2.24, 2.45) is 0 Å². The second kappa shape index (κ2) is 9.45. The monoisotopic (exact) mass is 505 g/mol. The van der Waals surface area contributed by atoms with Gasteiger partial charge in [-0.2, -0.15) is 18.3 Å². The van der Waals surface area contributed by atoms with Crippen LogP contribution in [0.3, 0.4) is 0 Å². The number of nitrogens with zero attached hydrogens (tertiary/aromatic N) is 3. The molecule has 10 heteroatoms. The Morgan fingerprint density at radius 3 is 2.43 bits per heavy atom. The summed E-state index contributed by atoms with van der Waals surface area (Å²) in [6, 6.07) is 16.5. The molecule has 3 N–H and O–H groups in total. The number of carbonyl (C=O) groups excluding carboxylic acids is 2. The minimum atomic E-state index is -4.46. The highest BCUT2D eigenvalue weighted by molar-refractivity contribution is 6.10. The molecule has 0 saturated carbocycles. The van der Waals surface area contributed by atoms with Crippen LogP contribution in [-0.2, 0) is 30.6 Å². The fraction of sp³-hybridized carbons (Fsp3) is 0.148.